The predicted molar refractivity (Wildman–Crippen MR) is 66.3 cm³/mol. The molecular weight excluding hydrogens is 247 g/mol. The summed E-state index contributed by atoms with van der Waals surface area (Å²) in [6, 6.07) is 5.05. The molecule has 1 aliphatic carbocycles. The largest absolute Gasteiger partial charge is 0.335 e. The molecule has 16 heavy (non-hydrogen) atoms. The summed E-state index contributed by atoms with van der Waals surface area (Å²) in [6.45, 7) is 0. The van der Waals surface area contributed by atoms with Crippen LogP contribution >= 0.6 is 23.2 Å². The van der Waals surface area contributed by atoms with Crippen molar-refractivity contribution in [1.82, 2.24) is 5.32 Å². The van der Waals surface area contributed by atoms with Crippen molar-refractivity contribution in [3.05, 3.63) is 28.2 Å². The highest BCUT2D eigenvalue weighted by Gasteiger charge is 2.19. The second-order valence-corrected chi connectivity index (χ2v) is 4.76. The molecule has 3 nitrogen and oxygen atoms in total. The van der Waals surface area contributed by atoms with Crippen LogP contribution in [0.15, 0.2) is 18.2 Å². The monoisotopic (exact) mass is 258 g/mol. The maximum atomic E-state index is 11.5. The number of hydrogen-bond donors (Lipinski definition) is 2. The Morgan fingerprint density at radius 3 is 2.31 bits per heavy atom. The molecule has 1 fully saturated rings. The van der Waals surface area contributed by atoms with Gasteiger partial charge in [0, 0.05) is 21.8 Å². The van der Waals surface area contributed by atoms with Crippen LogP contribution in [0.3, 0.4) is 0 Å². The summed E-state index contributed by atoms with van der Waals surface area (Å²) in [7, 11) is 0. The van der Waals surface area contributed by atoms with E-state index in [4.69, 9.17) is 23.2 Å². The molecule has 5 heteroatoms. The molecule has 0 atom stereocenters. The van der Waals surface area contributed by atoms with E-state index in [0.29, 0.717) is 21.8 Å². The summed E-state index contributed by atoms with van der Waals surface area (Å²) in [5.41, 5.74) is 0.606. The third-order valence-corrected chi connectivity index (χ3v) is 3.00. The fourth-order valence-corrected chi connectivity index (χ4v) is 2.06. The lowest BCUT2D eigenvalue weighted by Gasteiger charge is -2.26. The first-order valence-electron chi connectivity index (χ1n) is 5.17. The lowest BCUT2D eigenvalue weighted by Crippen LogP contribution is -2.41. The van der Waals surface area contributed by atoms with E-state index < -0.39 is 0 Å². The zero-order chi connectivity index (χ0) is 11.5. The normalized spacial score (nSPS) is 15.4. The number of benzene rings is 1. The van der Waals surface area contributed by atoms with Gasteiger partial charge in [0.25, 0.3) is 0 Å². The first-order chi connectivity index (χ1) is 7.63. The summed E-state index contributed by atoms with van der Waals surface area (Å²) in [6.07, 6.45) is 3.31. The van der Waals surface area contributed by atoms with Crippen molar-refractivity contribution in [1.29, 1.82) is 0 Å². The van der Waals surface area contributed by atoms with Crippen LogP contribution in [0.4, 0.5) is 10.5 Å². The van der Waals surface area contributed by atoms with Crippen molar-refractivity contribution >= 4 is 34.9 Å². The van der Waals surface area contributed by atoms with Crippen molar-refractivity contribution in [2.75, 3.05) is 5.32 Å². The molecule has 0 aliphatic heterocycles. The minimum atomic E-state index is -0.206. The summed E-state index contributed by atoms with van der Waals surface area (Å²) >= 11 is 11.6. The van der Waals surface area contributed by atoms with Crippen LogP contribution in [0.25, 0.3) is 0 Å². The van der Waals surface area contributed by atoms with Crippen molar-refractivity contribution in [2.45, 2.75) is 25.3 Å². The highest BCUT2D eigenvalue weighted by molar-refractivity contribution is 6.35. The first-order valence-corrected chi connectivity index (χ1v) is 5.93. The number of urea groups is 1. The van der Waals surface area contributed by atoms with Crippen LogP contribution in [0.1, 0.15) is 19.3 Å². The highest BCUT2D eigenvalue weighted by atomic mass is 35.5. The zero-order valence-electron chi connectivity index (χ0n) is 8.59. The van der Waals surface area contributed by atoms with Crippen LogP contribution in [0.2, 0.25) is 10.0 Å². The molecule has 2 N–H and O–H groups in total. The average molecular weight is 259 g/mol. The average Bonchev–Trinajstić information content (AvgIpc) is 2.09. The van der Waals surface area contributed by atoms with Crippen LogP contribution in [-0.2, 0) is 0 Å². The number of amides is 2. The summed E-state index contributed by atoms with van der Waals surface area (Å²) in [5.74, 6) is 0. The molecule has 0 heterocycles. The summed E-state index contributed by atoms with van der Waals surface area (Å²) < 4.78 is 0. The standard InChI is InChI=1S/C11H12Cl2N2O/c12-7-4-8(13)6-10(5-7)15-11(16)14-9-2-1-3-9/h4-6,9H,1-3H2,(H2,14,15,16). The van der Waals surface area contributed by atoms with Gasteiger partial charge in [0.15, 0.2) is 0 Å². The molecule has 0 unspecified atom stereocenters. The Balaban J connectivity index is 1.94. The van der Waals surface area contributed by atoms with E-state index in [1.807, 2.05) is 0 Å². The third kappa shape index (κ3) is 3.03. The lowest BCUT2D eigenvalue weighted by molar-refractivity contribution is 0.240. The van der Waals surface area contributed by atoms with Gasteiger partial charge in [0.1, 0.15) is 0 Å². The maximum absolute atomic E-state index is 11.5. The van der Waals surface area contributed by atoms with E-state index in [2.05, 4.69) is 10.6 Å². The van der Waals surface area contributed by atoms with Crippen LogP contribution in [0.5, 0.6) is 0 Å². The zero-order valence-corrected chi connectivity index (χ0v) is 10.1. The van der Waals surface area contributed by atoms with E-state index in [1.54, 1.807) is 18.2 Å². The van der Waals surface area contributed by atoms with Gasteiger partial charge < -0.3 is 10.6 Å². The molecule has 1 aliphatic rings. The van der Waals surface area contributed by atoms with Crippen molar-refractivity contribution in [3.8, 4) is 0 Å². The number of anilines is 1. The smallest absolute Gasteiger partial charge is 0.319 e. The second kappa shape index (κ2) is 4.93. The third-order valence-electron chi connectivity index (χ3n) is 2.56. The molecular formula is C11H12Cl2N2O. The number of rotatable bonds is 2. The van der Waals surface area contributed by atoms with Gasteiger partial charge in [-0.1, -0.05) is 23.2 Å². The van der Waals surface area contributed by atoms with Crippen molar-refractivity contribution in [3.63, 3.8) is 0 Å². The van der Waals surface area contributed by atoms with Crippen molar-refractivity contribution in [2.24, 2.45) is 0 Å². The first kappa shape index (κ1) is 11.6. The topological polar surface area (TPSA) is 41.1 Å². The predicted octanol–water partition coefficient (Wildman–Crippen LogP) is 3.67. The molecule has 1 saturated carbocycles. The van der Waals surface area contributed by atoms with E-state index >= 15 is 0 Å². The SMILES string of the molecule is O=C(Nc1cc(Cl)cc(Cl)c1)NC1CCC1. The Kier molecular flexibility index (Phi) is 3.56. The van der Waals surface area contributed by atoms with E-state index in [0.717, 1.165) is 12.8 Å². The quantitative estimate of drug-likeness (QED) is 0.835. The minimum absolute atomic E-state index is 0.206. The minimum Gasteiger partial charge on any atom is -0.335 e. The van der Waals surface area contributed by atoms with E-state index in [-0.39, 0.29) is 6.03 Å². The molecule has 0 bridgehead atoms. The van der Waals surface area contributed by atoms with Gasteiger partial charge in [0.2, 0.25) is 0 Å². The second-order valence-electron chi connectivity index (χ2n) is 3.88. The molecule has 1 aromatic rings. The van der Waals surface area contributed by atoms with Crippen LogP contribution in [0, 0.1) is 0 Å². The molecule has 86 valence electrons. The van der Waals surface area contributed by atoms with Gasteiger partial charge in [-0.3, -0.25) is 0 Å². The van der Waals surface area contributed by atoms with Crippen LogP contribution in [-0.4, -0.2) is 12.1 Å². The molecule has 0 radical (unpaired) electrons. The molecule has 1 aromatic carbocycles. The number of carbonyl (C=O) groups is 1. The number of nitrogens with one attached hydrogen (secondary N) is 2. The summed E-state index contributed by atoms with van der Waals surface area (Å²) in [4.78, 5) is 11.5. The van der Waals surface area contributed by atoms with Gasteiger partial charge in [-0.25, -0.2) is 4.79 Å². The Morgan fingerprint density at radius 1 is 1.19 bits per heavy atom. The van der Waals surface area contributed by atoms with Gasteiger partial charge in [-0.2, -0.15) is 0 Å². The fraction of sp³-hybridized carbons (Fsp3) is 0.364. The fourth-order valence-electron chi connectivity index (χ4n) is 1.53. The van der Waals surface area contributed by atoms with Crippen LogP contribution < -0.4 is 10.6 Å². The Hall–Kier alpha value is -0.930. The Morgan fingerprint density at radius 2 is 1.81 bits per heavy atom. The van der Waals surface area contributed by atoms with E-state index in [1.165, 1.54) is 6.42 Å². The maximum Gasteiger partial charge on any atom is 0.319 e. The Bertz CT molecular complexity index is 385. The van der Waals surface area contributed by atoms with Gasteiger partial charge in [0.05, 0.1) is 0 Å². The highest BCUT2D eigenvalue weighted by Crippen LogP contribution is 2.23. The van der Waals surface area contributed by atoms with E-state index in [9.17, 15) is 4.79 Å². The van der Waals surface area contributed by atoms with Crippen molar-refractivity contribution < 1.29 is 4.79 Å². The molecule has 2 amide bonds. The number of halogens is 2. The lowest BCUT2D eigenvalue weighted by atomic mass is 9.93. The molecule has 2 rings (SSSR count). The van der Waals surface area contributed by atoms with Gasteiger partial charge in [-0.15, -0.1) is 0 Å². The number of carbonyl (C=O) groups excluding carboxylic acids is 1. The Labute approximate surface area is 104 Å². The molecule has 0 aromatic heterocycles. The summed E-state index contributed by atoms with van der Waals surface area (Å²) in [5, 5.41) is 6.58. The number of hydrogen-bond acceptors (Lipinski definition) is 1. The van der Waals surface area contributed by atoms with Gasteiger partial charge in [-0.05, 0) is 37.5 Å². The molecule has 0 spiro atoms. The van der Waals surface area contributed by atoms with Gasteiger partial charge >= 0.3 is 6.03 Å². The molecule has 0 saturated heterocycles.